The van der Waals surface area contributed by atoms with Crippen molar-refractivity contribution in [3.05, 3.63) is 22.7 Å². The second-order valence-corrected chi connectivity index (χ2v) is 6.25. The summed E-state index contributed by atoms with van der Waals surface area (Å²) in [7, 11) is 0.863. The Hall–Kier alpha value is -1.04. The average Bonchev–Trinajstić information content (AvgIpc) is 2.56. The molecule has 1 aromatic carbocycles. The molecule has 108 valence electrons. The van der Waals surface area contributed by atoms with E-state index in [0.717, 1.165) is 6.29 Å². The van der Waals surface area contributed by atoms with Crippen molar-refractivity contribution in [1.29, 1.82) is 0 Å². The smallest absolute Gasteiger partial charge is 0.497 e. The van der Waals surface area contributed by atoms with Crippen molar-refractivity contribution in [3.63, 3.8) is 0 Å². The molecule has 0 spiro atoms. The minimum atomic E-state index is -0.660. The van der Waals surface area contributed by atoms with Gasteiger partial charge in [0.2, 0.25) is 0 Å². The SMILES string of the molecule is COc1cc(Cl)cc(C=O)c1B1OC(C)(C)C(C)(C)O1. The number of hydrogen-bond donors (Lipinski definition) is 0. The lowest BCUT2D eigenvalue weighted by molar-refractivity contribution is 0.00578. The molecule has 1 saturated heterocycles. The average molecular weight is 297 g/mol. The summed E-state index contributed by atoms with van der Waals surface area (Å²) in [4.78, 5) is 11.3. The van der Waals surface area contributed by atoms with Crippen molar-refractivity contribution in [2.24, 2.45) is 0 Å². The van der Waals surface area contributed by atoms with Gasteiger partial charge in [-0.2, -0.15) is 0 Å². The molecular weight excluding hydrogens is 278 g/mol. The quantitative estimate of drug-likeness (QED) is 0.635. The zero-order valence-electron chi connectivity index (χ0n) is 12.3. The van der Waals surface area contributed by atoms with Crippen molar-refractivity contribution in [1.82, 2.24) is 0 Å². The Morgan fingerprint density at radius 2 is 1.75 bits per heavy atom. The van der Waals surface area contributed by atoms with Crippen LogP contribution < -0.4 is 10.2 Å². The molecule has 1 aliphatic heterocycles. The van der Waals surface area contributed by atoms with Crippen molar-refractivity contribution >= 4 is 30.5 Å². The predicted octanol–water partition coefficient (Wildman–Crippen LogP) is 2.46. The summed E-state index contributed by atoms with van der Waals surface area (Å²) < 4.78 is 17.3. The molecule has 6 heteroatoms. The number of halogens is 1. The van der Waals surface area contributed by atoms with E-state index in [0.29, 0.717) is 21.8 Å². The van der Waals surface area contributed by atoms with Crippen LogP contribution in [0, 0.1) is 0 Å². The van der Waals surface area contributed by atoms with Crippen molar-refractivity contribution in [2.75, 3.05) is 7.11 Å². The minimum Gasteiger partial charge on any atom is -0.497 e. The van der Waals surface area contributed by atoms with Crippen molar-refractivity contribution in [2.45, 2.75) is 38.9 Å². The van der Waals surface area contributed by atoms with Crippen molar-refractivity contribution < 1.29 is 18.8 Å². The molecule has 0 radical (unpaired) electrons. The molecular formula is C14H18BClO4. The van der Waals surface area contributed by atoms with Gasteiger partial charge >= 0.3 is 7.12 Å². The normalized spacial score (nSPS) is 20.0. The summed E-state index contributed by atoms with van der Waals surface area (Å²) in [5.41, 5.74) is 0.0173. The molecule has 0 bridgehead atoms. The first-order valence-corrected chi connectivity index (χ1v) is 6.78. The van der Waals surface area contributed by atoms with Crippen LogP contribution in [0.15, 0.2) is 12.1 Å². The highest BCUT2D eigenvalue weighted by Crippen LogP contribution is 2.37. The number of rotatable bonds is 3. The first-order valence-electron chi connectivity index (χ1n) is 6.40. The Kier molecular flexibility index (Phi) is 3.89. The van der Waals surface area contributed by atoms with Gasteiger partial charge in [-0.25, -0.2) is 0 Å². The molecule has 0 atom stereocenters. The molecule has 1 fully saturated rings. The van der Waals surface area contributed by atoms with E-state index in [1.165, 1.54) is 7.11 Å². The van der Waals surface area contributed by atoms with Gasteiger partial charge in [-0.3, -0.25) is 4.79 Å². The fourth-order valence-corrected chi connectivity index (χ4v) is 2.31. The van der Waals surface area contributed by atoms with Crippen LogP contribution in [0.25, 0.3) is 0 Å². The molecule has 2 rings (SSSR count). The maximum atomic E-state index is 11.3. The molecule has 1 aliphatic rings. The first-order chi connectivity index (χ1) is 9.21. The van der Waals surface area contributed by atoms with E-state index in [1.807, 2.05) is 27.7 Å². The molecule has 1 heterocycles. The Morgan fingerprint density at radius 3 is 2.20 bits per heavy atom. The number of hydrogen-bond acceptors (Lipinski definition) is 4. The summed E-state index contributed by atoms with van der Waals surface area (Å²) in [5, 5.41) is 0.434. The lowest BCUT2D eigenvalue weighted by atomic mass is 9.75. The first kappa shape index (κ1) is 15.4. The predicted molar refractivity (Wildman–Crippen MR) is 79.1 cm³/mol. The number of carbonyl (C=O) groups is 1. The third kappa shape index (κ3) is 2.46. The van der Waals surface area contributed by atoms with Crippen LogP contribution in [-0.2, 0) is 9.31 Å². The monoisotopic (exact) mass is 296 g/mol. The molecule has 0 N–H and O–H groups in total. The number of benzene rings is 1. The standard InChI is InChI=1S/C14H18BClO4/c1-13(2)14(3,4)20-15(19-13)12-9(8-17)6-10(16)7-11(12)18-5/h6-8H,1-5H3. The summed E-state index contributed by atoms with van der Waals surface area (Å²) in [6.07, 6.45) is 0.731. The van der Waals surface area contributed by atoms with E-state index in [1.54, 1.807) is 12.1 Å². The largest absolute Gasteiger partial charge is 0.499 e. The van der Waals surface area contributed by atoms with Gasteiger partial charge in [-0.15, -0.1) is 0 Å². The summed E-state index contributed by atoms with van der Waals surface area (Å²) in [6, 6.07) is 3.23. The molecule has 20 heavy (non-hydrogen) atoms. The Bertz CT molecular complexity index is 526. The van der Waals surface area contributed by atoms with Crippen molar-refractivity contribution in [3.8, 4) is 5.75 Å². The van der Waals surface area contributed by atoms with Crippen LogP contribution >= 0.6 is 11.6 Å². The van der Waals surface area contributed by atoms with E-state index in [-0.39, 0.29) is 0 Å². The summed E-state index contributed by atoms with van der Waals surface area (Å²) >= 11 is 5.98. The maximum absolute atomic E-state index is 11.3. The Morgan fingerprint density at radius 1 is 1.20 bits per heavy atom. The number of aldehydes is 1. The zero-order valence-corrected chi connectivity index (χ0v) is 13.1. The van der Waals surface area contributed by atoms with Crippen LogP contribution in [0.3, 0.4) is 0 Å². The fraction of sp³-hybridized carbons (Fsp3) is 0.500. The molecule has 0 aliphatic carbocycles. The summed E-state index contributed by atoms with van der Waals surface area (Å²) in [6.45, 7) is 7.82. The molecule has 0 unspecified atom stereocenters. The zero-order chi connectivity index (χ0) is 15.1. The highest BCUT2D eigenvalue weighted by Gasteiger charge is 2.53. The number of ether oxygens (including phenoxy) is 1. The third-order valence-electron chi connectivity index (χ3n) is 3.97. The van der Waals surface area contributed by atoms with Gasteiger partial charge in [0.1, 0.15) is 12.0 Å². The topological polar surface area (TPSA) is 44.8 Å². The van der Waals surface area contributed by atoms with Gasteiger partial charge in [-0.1, -0.05) is 11.6 Å². The molecule has 0 amide bonds. The van der Waals surface area contributed by atoms with Gasteiger partial charge < -0.3 is 14.0 Å². The van der Waals surface area contributed by atoms with Crippen LogP contribution in [0.4, 0.5) is 0 Å². The van der Waals surface area contributed by atoms with Gasteiger partial charge in [0.15, 0.2) is 0 Å². The maximum Gasteiger partial charge on any atom is 0.499 e. The highest BCUT2D eigenvalue weighted by molar-refractivity contribution is 6.64. The van der Waals surface area contributed by atoms with E-state index in [9.17, 15) is 4.79 Å². The summed E-state index contributed by atoms with van der Waals surface area (Å²) in [5.74, 6) is 0.484. The Labute approximate surface area is 124 Å². The minimum absolute atomic E-state index is 0.410. The van der Waals surface area contributed by atoms with E-state index < -0.39 is 18.3 Å². The Balaban J connectivity index is 2.51. The van der Waals surface area contributed by atoms with Gasteiger partial charge in [0.05, 0.1) is 18.3 Å². The second-order valence-electron chi connectivity index (χ2n) is 5.82. The third-order valence-corrected chi connectivity index (χ3v) is 4.19. The van der Waals surface area contributed by atoms with Gasteiger partial charge in [0, 0.05) is 16.0 Å². The van der Waals surface area contributed by atoms with Crippen LogP contribution in [0.5, 0.6) is 5.75 Å². The fourth-order valence-electron chi connectivity index (χ4n) is 2.09. The van der Waals surface area contributed by atoms with Gasteiger partial charge in [-0.05, 0) is 39.8 Å². The van der Waals surface area contributed by atoms with Crippen LogP contribution in [0.2, 0.25) is 5.02 Å². The lowest BCUT2D eigenvalue weighted by Crippen LogP contribution is -2.41. The lowest BCUT2D eigenvalue weighted by Gasteiger charge is -2.32. The van der Waals surface area contributed by atoms with E-state index in [4.69, 9.17) is 25.6 Å². The molecule has 4 nitrogen and oxygen atoms in total. The van der Waals surface area contributed by atoms with Crippen LogP contribution in [-0.4, -0.2) is 31.7 Å². The number of methoxy groups -OCH3 is 1. The van der Waals surface area contributed by atoms with E-state index >= 15 is 0 Å². The van der Waals surface area contributed by atoms with Gasteiger partial charge in [0.25, 0.3) is 0 Å². The number of carbonyl (C=O) groups excluding carboxylic acids is 1. The second kappa shape index (κ2) is 5.06. The molecule has 1 aromatic rings. The van der Waals surface area contributed by atoms with E-state index in [2.05, 4.69) is 0 Å². The molecule has 0 aromatic heterocycles. The highest BCUT2D eigenvalue weighted by atomic mass is 35.5. The van der Waals surface area contributed by atoms with Crippen LogP contribution in [0.1, 0.15) is 38.1 Å². The molecule has 0 saturated carbocycles.